The molecule has 1 fully saturated rings. The van der Waals surface area contributed by atoms with Crippen molar-refractivity contribution in [3.63, 3.8) is 0 Å². The summed E-state index contributed by atoms with van der Waals surface area (Å²) < 4.78 is 0. The average molecular weight is 343 g/mol. The van der Waals surface area contributed by atoms with E-state index < -0.39 is 6.04 Å². The normalized spacial score (nSPS) is 17.4. The summed E-state index contributed by atoms with van der Waals surface area (Å²) in [5.41, 5.74) is 1.19. The van der Waals surface area contributed by atoms with Crippen LogP contribution in [0, 0.1) is 6.92 Å². The fraction of sp³-hybridized carbons (Fsp3) is 0.294. The van der Waals surface area contributed by atoms with Gasteiger partial charge in [-0.15, -0.1) is 11.3 Å². The second kappa shape index (κ2) is 6.52. The number of likely N-dealkylation sites (tertiary alicyclic amines) is 1. The first-order valence-electron chi connectivity index (χ1n) is 7.55. The maximum absolute atomic E-state index is 12.6. The minimum absolute atomic E-state index is 0.0109. The smallest absolute Gasteiger partial charge is 0.273 e. The van der Waals surface area contributed by atoms with Crippen LogP contribution in [-0.2, 0) is 16.1 Å². The number of rotatable bonds is 4. The highest BCUT2D eigenvalue weighted by Gasteiger charge is 2.42. The first-order chi connectivity index (χ1) is 11.5. The van der Waals surface area contributed by atoms with Crippen LogP contribution < -0.4 is 0 Å². The quantitative estimate of drug-likeness (QED) is 0.795. The van der Waals surface area contributed by atoms with E-state index in [0.717, 1.165) is 10.6 Å². The van der Waals surface area contributed by atoms with Crippen LogP contribution in [0.2, 0.25) is 0 Å². The van der Waals surface area contributed by atoms with Crippen LogP contribution in [-0.4, -0.2) is 45.6 Å². The van der Waals surface area contributed by atoms with Gasteiger partial charge in [0.25, 0.3) is 11.8 Å². The standard InChI is InChI=1S/C17H17N3O3S/c1-11-18-13(10-24-11)16(22)19(2)14-8-15(21)20(17(14)23)9-12-6-4-3-5-7-12/h3-7,10,14H,8-9H2,1-2H3/t14-/m0/s1. The van der Waals surface area contributed by atoms with Crippen molar-refractivity contribution in [3.05, 3.63) is 52.0 Å². The second-order valence-electron chi connectivity index (χ2n) is 5.69. The summed E-state index contributed by atoms with van der Waals surface area (Å²) in [5.74, 6) is -0.943. The lowest BCUT2D eigenvalue weighted by Crippen LogP contribution is -2.43. The van der Waals surface area contributed by atoms with Gasteiger partial charge in [0, 0.05) is 12.4 Å². The average Bonchev–Trinajstić information content (AvgIpc) is 3.13. The van der Waals surface area contributed by atoms with Gasteiger partial charge in [-0.2, -0.15) is 0 Å². The number of amides is 3. The number of carbonyl (C=O) groups excluding carboxylic acids is 3. The molecule has 1 aliphatic rings. The number of nitrogens with zero attached hydrogens (tertiary/aromatic N) is 3. The van der Waals surface area contributed by atoms with E-state index in [-0.39, 0.29) is 30.7 Å². The van der Waals surface area contributed by atoms with Crippen LogP contribution in [0.4, 0.5) is 0 Å². The zero-order chi connectivity index (χ0) is 17.3. The molecule has 1 aliphatic heterocycles. The Morgan fingerprint density at radius 1 is 1.33 bits per heavy atom. The zero-order valence-corrected chi connectivity index (χ0v) is 14.2. The second-order valence-corrected chi connectivity index (χ2v) is 6.75. The van der Waals surface area contributed by atoms with Crippen molar-refractivity contribution < 1.29 is 14.4 Å². The number of thiazole rings is 1. The van der Waals surface area contributed by atoms with E-state index in [1.807, 2.05) is 37.3 Å². The summed E-state index contributed by atoms with van der Waals surface area (Å²) >= 11 is 1.38. The summed E-state index contributed by atoms with van der Waals surface area (Å²) in [4.78, 5) is 44.0. The van der Waals surface area contributed by atoms with Crippen molar-refractivity contribution in [2.24, 2.45) is 0 Å². The van der Waals surface area contributed by atoms with E-state index in [1.54, 1.807) is 12.4 Å². The van der Waals surface area contributed by atoms with Gasteiger partial charge in [0.15, 0.2) is 0 Å². The number of hydrogen-bond acceptors (Lipinski definition) is 5. The molecule has 7 heteroatoms. The van der Waals surface area contributed by atoms with Gasteiger partial charge in [-0.1, -0.05) is 30.3 Å². The molecule has 0 aliphatic carbocycles. The van der Waals surface area contributed by atoms with E-state index in [2.05, 4.69) is 4.98 Å². The minimum Gasteiger partial charge on any atom is -0.328 e. The largest absolute Gasteiger partial charge is 0.328 e. The Bertz CT molecular complexity index is 787. The third kappa shape index (κ3) is 3.07. The van der Waals surface area contributed by atoms with Crippen LogP contribution in [0.15, 0.2) is 35.7 Å². The van der Waals surface area contributed by atoms with Gasteiger partial charge < -0.3 is 4.90 Å². The molecular weight excluding hydrogens is 326 g/mol. The fourth-order valence-corrected chi connectivity index (χ4v) is 3.27. The third-order valence-electron chi connectivity index (χ3n) is 4.03. The van der Waals surface area contributed by atoms with Crippen molar-refractivity contribution >= 4 is 29.1 Å². The number of likely N-dealkylation sites (N-methyl/N-ethyl adjacent to an activating group) is 1. The Morgan fingerprint density at radius 3 is 2.67 bits per heavy atom. The van der Waals surface area contributed by atoms with Crippen LogP contribution in [0.25, 0.3) is 0 Å². The van der Waals surface area contributed by atoms with Crippen LogP contribution in [0.5, 0.6) is 0 Å². The Balaban J connectivity index is 1.74. The van der Waals surface area contributed by atoms with Crippen molar-refractivity contribution in [2.45, 2.75) is 25.9 Å². The molecule has 0 N–H and O–H groups in total. The fourth-order valence-electron chi connectivity index (χ4n) is 2.68. The first kappa shape index (κ1) is 16.3. The first-order valence-corrected chi connectivity index (χ1v) is 8.42. The lowest BCUT2D eigenvalue weighted by Gasteiger charge is -2.22. The molecule has 2 aromatic rings. The highest BCUT2D eigenvalue weighted by atomic mass is 32.1. The molecule has 2 heterocycles. The maximum Gasteiger partial charge on any atom is 0.273 e. The third-order valence-corrected chi connectivity index (χ3v) is 4.80. The molecular formula is C17H17N3O3S. The van der Waals surface area contributed by atoms with Crippen LogP contribution >= 0.6 is 11.3 Å². The van der Waals surface area contributed by atoms with E-state index >= 15 is 0 Å². The van der Waals surface area contributed by atoms with E-state index in [4.69, 9.17) is 0 Å². The van der Waals surface area contributed by atoms with Crippen LogP contribution in [0.1, 0.15) is 27.5 Å². The monoisotopic (exact) mass is 343 g/mol. The highest BCUT2D eigenvalue weighted by molar-refractivity contribution is 7.09. The molecule has 1 aromatic carbocycles. The molecule has 0 saturated carbocycles. The Kier molecular flexibility index (Phi) is 4.44. The molecule has 3 amide bonds. The van der Waals surface area contributed by atoms with E-state index in [0.29, 0.717) is 5.69 Å². The molecule has 6 nitrogen and oxygen atoms in total. The summed E-state index contributed by atoms with van der Waals surface area (Å²) in [5, 5.41) is 2.45. The molecule has 1 saturated heterocycles. The summed E-state index contributed by atoms with van der Waals surface area (Å²) in [6.07, 6.45) is 0.0109. The maximum atomic E-state index is 12.6. The summed E-state index contributed by atoms with van der Waals surface area (Å²) in [6.45, 7) is 2.04. The van der Waals surface area contributed by atoms with Crippen LogP contribution in [0.3, 0.4) is 0 Å². The van der Waals surface area contributed by atoms with Gasteiger partial charge in [0.2, 0.25) is 5.91 Å². The molecule has 0 radical (unpaired) electrons. The van der Waals surface area contributed by atoms with Gasteiger partial charge >= 0.3 is 0 Å². The van der Waals surface area contributed by atoms with Crippen molar-refractivity contribution in [2.75, 3.05) is 7.05 Å². The number of carbonyl (C=O) groups is 3. The van der Waals surface area contributed by atoms with Gasteiger partial charge in [-0.25, -0.2) is 4.98 Å². The number of benzene rings is 1. The lowest BCUT2D eigenvalue weighted by atomic mass is 10.2. The Morgan fingerprint density at radius 2 is 2.04 bits per heavy atom. The number of imide groups is 1. The topological polar surface area (TPSA) is 70.6 Å². The van der Waals surface area contributed by atoms with Gasteiger partial charge in [0.1, 0.15) is 11.7 Å². The van der Waals surface area contributed by atoms with Crippen molar-refractivity contribution in [1.82, 2.24) is 14.8 Å². The number of hydrogen-bond donors (Lipinski definition) is 0. The molecule has 0 bridgehead atoms. The number of aromatic nitrogens is 1. The molecule has 0 unspecified atom stereocenters. The predicted octanol–water partition coefficient (Wildman–Crippen LogP) is 1.85. The SMILES string of the molecule is Cc1nc(C(=O)N(C)[C@H]2CC(=O)N(Cc3ccccc3)C2=O)cs1. The Hall–Kier alpha value is -2.54. The van der Waals surface area contributed by atoms with Gasteiger partial charge in [0.05, 0.1) is 18.0 Å². The van der Waals surface area contributed by atoms with E-state index in [1.165, 1.54) is 21.1 Å². The zero-order valence-electron chi connectivity index (χ0n) is 13.4. The molecule has 1 aromatic heterocycles. The number of aryl methyl sites for hydroxylation is 1. The molecule has 1 atom stereocenters. The Labute approximate surface area is 143 Å². The lowest BCUT2D eigenvalue weighted by molar-refractivity contribution is -0.140. The van der Waals surface area contributed by atoms with E-state index in [9.17, 15) is 14.4 Å². The van der Waals surface area contributed by atoms with Gasteiger partial charge in [-0.05, 0) is 12.5 Å². The van der Waals surface area contributed by atoms with Crippen molar-refractivity contribution in [1.29, 1.82) is 0 Å². The predicted molar refractivity (Wildman–Crippen MR) is 89.3 cm³/mol. The highest BCUT2D eigenvalue weighted by Crippen LogP contribution is 2.22. The molecule has 124 valence electrons. The van der Waals surface area contributed by atoms with Crippen molar-refractivity contribution in [3.8, 4) is 0 Å². The van der Waals surface area contributed by atoms with Gasteiger partial charge in [-0.3, -0.25) is 19.3 Å². The molecule has 3 rings (SSSR count). The summed E-state index contributed by atoms with van der Waals surface area (Å²) in [6, 6.07) is 8.55. The summed E-state index contributed by atoms with van der Waals surface area (Å²) in [7, 11) is 1.54. The molecule has 24 heavy (non-hydrogen) atoms. The molecule has 0 spiro atoms. The minimum atomic E-state index is -0.768.